The molecule has 3 rings (SSSR count). The maximum Gasteiger partial charge on any atom is 0.325 e. The van der Waals surface area contributed by atoms with Crippen LogP contribution >= 0.6 is 0 Å². The van der Waals surface area contributed by atoms with Gasteiger partial charge in [0.1, 0.15) is 6.04 Å². The lowest BCUT2D eigenvalue weighted by Gasteiger charge is -2.19. The minimum absolute atomic E-state index is 0.0754. The Morgan fingerprint density at radius 2 is 2.07 bits per heavy atom. The van der Waals surface area contributed by atoms with E-state index < -0.39 is 18.0 Å². The van der Waals surface area contributed by atoms with Gasteiger partial charge in [-0.25, -0.2) is 4.79 Å². The van der Waals surface area contributed by atoms with E-state index in [1.165, 1.54) is 0 Å². The van der Waals surface area contributed by atoms with E-state index in [9.17, 15) is 19.5 Å². The second kappa shape index (κ2) is 8.47. The first-order chi connectivity index (χ1) is 13.4. The van der Waals surface area contributed by atoms with Crippen LogP contribution in [0, 0.1) is 5.92 Å². The highest BCUT2D eigenvalue weighted by Crippen LogP contribution is 2.33. The van der Waals surface area contributed by atoms with Gasteiger partial charge in [-0.05, 0) is 30.0 Å². The summed E-state index contributed by atoms with van der Waals surface area (Å²) < 4.78 is 10.6. The Morgan fingerprint density at radius 3 is 2.79 bits per heavy atom. The van der Waals surface area contributed by atoms with E-state index in [1.54, 1.807) is 18.2 Å². The van der Waals surface area contributed by atoms with Crippen molar-refractivity contribution in [3.8, 4) is 11.5 Å². The molecule has 152 valence electrons. The van der Waals surface area contributed by atoms with Gasteiger partial charge in [0.2, 0.25) is 12.7 Å². The van der Waals surface area contributed by atoms with Crippen LogP contribution in [0.3, 0.4) is 0 Å². The van der Waals surface area contributed by atoms with Gasteiger partial charge in [0.25, 0.3) is 5.91 Å². The molecule has 3 N–H and O–H groups in total. The van der Waals surface area contributed by atoms with Gasteiger partial charge in [0.05, 0.1) is 25.6 Å². The summed E-state index contributed by atoms with van der Waals surface area (Å²) >= 11 is 0. The number of aliphatic hydroxyl groups excluding tert-OH is 1. The molecule has 9 nitrogen and oxygen atoms in total. The Labute approximate surface area is 163 Å². The van der Waals surface area contributed by atoms with E-state index in [4.69, 9.17) is 9.47 Å². The quantitative estimate of drug-likeness (QED) is 0.563. The molecule has 28 heavy (non-hydrogen) atoms. The third kappa shape index (κ3) is 4.53. The van der Waals surface area contributed by atoms with Gasteiger partial charge in [-0.1, -0.05) is 19.9 Å². The maximum absolute atomic E-state index is 12.6. The van der Waals surface area contributed by atoms with Crippen molar-refractivity contribution in [3.05, 3.63) is 23.8 Å². The molecule has 0 spiro atoms. The molecular formula is C19H25N3O6. The fourth-order valence-electron chi connectivity index (χ4n) is 3.31. The number of carbonyl (C=O) groups excluding carboxylic acids is 3. The molecule has 0 unspecified atom stereocenters. The van der Waals surface area contributed by atoms with Gasteiger partial charge in [-0.15, -0.1) is 0 Å². The highest BCUT2D eigenvalue weighted by atomic mass is 16.7. The molecule has 1 saturated heterocycles. The lowest BCUT2D eigenvalue weighted by atomic mass is 10.0. The monoisotopic (exact) mass is 391 g/mol. The summed E-state index contributed by atoms with van der Waals surface area (Å²) in [5.41, 5.74) is 0.718. The number of benzene rings is 1. The molecule has 9 heteroatoms. The highest BCUT2D eigenvalue weighted by molar-refractivity contribution is 6.05. The average molecular weight is 391 g/mol. The molecule has 2 aliphatic rings. The van der Waals surface area contributed by atoms with E-state index in [0.29, 0.717) is 23.8 Å². The number of hydrogen-bond acceptors (Lipinski definition) is 6. The third-order valence-electron chi connectivity index (χ3n) is 4.62. The molecule has 0 saturated carbocycles. The van der Waals surface area contributed by atoms with Crippen LogP contribution in [0.15, 0.2) is 18.2 Å². The fourth-order valence-corrected chi connectivity index (χ4v) is 3.31. The SMILES string of the molecule is CC(C)C[C@@H](CO)NC(=O)C[C@H]1NC(=O)N(Cc2ccc3c(c2)OCO3)C1=O. The molecule has 2 heterocycles. The van der Waals surface area contributed by atoms with Gasteiger partial charge in [-0.3, -0.25) is 14.5 Å². The first-order valence-electron chi connectivity index (χ1n) is 9.28. The smallest absolute Gasteiger partial charge is 0.325 e. The predicted octanol–water partition coefficient (Wildman–Crippen LogP) is 0.749. The first-order valence-corrected chi connectivity index (χ1v) is 9.28. The summed E-state index contributed by atoms with van der Waals surface area (Å²) in [5.74, 6) is 0.656. The lowest BCUT2D eigenvalue weighted by molar-refractivity contribution is -0.131. The van der Waals surface area contributed by atoms with Gasteiger partial charge in [0.15, 0.2) is 11.5 Å². The molecule has 2 aliphatic heterocycles. The Morgan fingerprint density at radius 1 is 1.32 bits per heavy atom. The van der Waals surface area contributed by atoms with Crippen molar-refractivity contribution in [3.63, 3.8) is 0 Å². The van der Waals surface area contributed by atoms with Crippen LogP contribution in [0.1, 0.15) is 32.3 Å². The summed E-state index contributed by atoms with van der Waals surface area (Å²) in [6.45, 7) is 4.02. The Balaban J connectivity index is 1.58. The largest absolute Gasteiger partial charge is 0.454 e. The summed E-state index contributed by atoms with van der Waals surface area (Å²) in [6.07, 6.45) is 0.459. The number of urea groups is 1. The van der Waals surface area contributed by atoms with Crippen molar-refractivity contribution < 1.29 is 29.0 Å². The highest BCUT2D eigenvalue weighted by Gasteiger charge is 2.39. The number of fused-ring (bicyclic) bond motifs is 1. The molecule has 0 aromatic heterocycles. The molecule has 0 bridgehead atoms. The fraction of sp³-hybridized carbons (Fsp3) is 0.526. The van der Waals surface area contributed by atoms with Crippen molar-refractivity contribution in [1.29, 1.82) is 0 Å². The average Bonchev–Trinajstić information content (AvgIpc) is 3.20. The van der Waals surface area contributed by atoms with Crippen LogP contribution in [-0.4, -0.2) is 53.3 Å². The molecule has 0 radical (unpaired) electrons. The maximum atomic E-state index is 12.6. The Bertz CT molecular complexity index is 766. The summed E-state index contributed by atoms with van der Waals surface area (Å²) in [4.78, 5) is 38.1. The molecule has 4 amide bonds. The standard InChI is InChI=1S/C19H25N3O6/c1-11(2)5-13(9-23)20-17(24)7-14-18(25)22(19(26)21-14)8-12-3-4-15-16(6-12)28-10-27-15/h3-4,6,11,13-14,23H,5,7-10H2,1-2H3,(H,20,24)(H,21,26)/t13-,14+/m0/s1. The summed E-state index contributed by atoms with van der Waals surface area (Å²) in [5, 5.41) is 14.6. The molecular weight excluding hydrogens is 366 g/mol. The number of nitrogens with zero attached hydrogens (tertiary/aromatic N) is 1. The van der Waals surface area contributed by atoms with Gasteiger partial charge >= 0.3 is 6.03 Å². The second-order valence-electron chi connectivity index (χ2n) is 7.39. The Kier molecular flexibility index (Phi) is 6.03. The minimum Gasteiger partial charge on any atom is -0.454 e. The van der Waals surface area contributed by atoms with Crippen molar-refractivity contribution in [2.45, 2.75) is 45.3 Å². The van der Waals surface area contributed by atoms with Crippen LogP contribution in [0.2, 0.25) is 0 Å². The topological polar surface area (TPSA) is 117 Å². The van der Waals surface area contributed by atoms with E-state index in [1.807, 2.05) is 13.8 Å². The number of amides is 4. The van der Waals surface area contributed by atoms with E-state index in [0.717, 1.165) is 10.5 Å². The summed E-state index contributed by atoms with van der Waals surface area (Å²) in [6, 6.07) is 3.38. The van der Waals surface area contributed by atoms with Crippen molar-refractivity contribution in [2.75, 3.05) is 13.4 Å². The van der Waals surface area contributed by atoms with Crippen molar-refractivity contribution in [1.82, 2.24) is 15.5 Å². The van der Waals surface area contributed by atoms with Crippen LogP contribution in [0.4, 0.5) is 4.79 Å². The molecule has 1 fully saturated rings. The van der Waals surface area contributed by atoms with Gasteiger partial charge in [-0.2, -0.15) is 0 Å². The molecule has 2 atom stereocenters. The lowest BCUT2D eigenvalue weighted by Crippen LogP contribution is -2.42. The zero-order chi connectivity index (χ0) is 20.3. The number of nitrogens with one attached hydrogen (secondary N) is 2. The normalized spacial score (nSPS) is 19.1. The van der Waals surface area contributed by atoms with Gasteiger partial charge < -0.3 is 25.2 Å². The van der Waals surface area contributed by atoms with E-state index in [-0.39, 0.29) is 38.3 Å². The van der Waals surface area contributed by atoms with E-state index in [2.05, 4.69) is 10.6 Å². The van der Waals surface area contributed by atoms with Crippen LogP contribution in [0.5, 0.6) is 11.5 Å². The summed E-state index contributed by atoms with van der Waals surface area (Å²) in [7, 11) is 0. The van der Waals surface area contributed by atoms with Crippen LogP contribution in [0.25, 0.3) is 0 Å². The number of carbonyl (C=O) groups is 3. The molecule has 1 aromatic carbocycles. The van der Waals surface area contributed by atoms with Crippen LogP contribution in [-0.2, 0) is 16.1 Å². The zero-order valence-corrected chi connectivity index (χ0v) is 15.9. The number of ether oxygens (including phenoxy) is 2. The minimum atomic E-state index is -0.917. The predicted molar refractivity (Wildman–Crippen MR) is 98.5 cm³/mol. The number of rotatable bonds is 8. The second-order valence-corrected chi connectivity index (χ2v) is 7.39. The number of aliphatic hydroxyl groups is 1. The Hall–Kier alpha value is -2.81. The van der Waals surface area contributed by atoms with E-state index >= 15 is 0 Å². The zero-order valence-electron chi connectivity index (χ0n) is 15.9. The molecule has 1 aromatic rings. The van der Waals surface area contributed by atoms with Crippen LogP contribution < -0.4 is 20.1 Å². The number of hydrogen-bond donors (Lipinski definition) is 3. The third-order valence-corrected chi connectivity index (χ3v) is 4.62. The number of imide groups is 1. The van der Waals surface area contributed by atoms with Crippen molar-refractivity contribution >= 4 is 17.8 Å². The van der Waals surface area contributed by atoms with Crippen molar-refractivity contribution in [2.24, 2.45) is 5.92 Å². The van der Waals surface area contributed by atoms with Gasteiger partial charge in [0, 0.05) is 0 Å². The molecule has 0 aliphatic carbocycles. The first kappa shape index (κ1) is 19.9.